The van der Waals surface area contributed by atoms with Gasteiger partial charge < -0.3 is 14.5 Å². The van der Waals surface area contributed by atoms with E-state index in [0.29, 0.717) is 5.75 Å². The lowest BCUT2D eigenvalue weighted by atomic mass is 10.0. The molecule has 0 amide bonds. The molecule has 0 heterocycles. The van der Waals surface area contributed by atoms with E-state index in [1.54, 1.807) is 0 Å². The highest BCUT2D eigenvalue weighted by atomic mass is 31.2. The number of phosphoric ester groups is 1. The molecular formula is C23H41O5P. The van der Waals surface area contributed by atoms with Crippen LogP contribution < -0.4 is 4.74 Å². The first-order valence-corrected chi connectivity index (χ1v) is 12.9. The molecule has 0 aliphatic heterocycles. The Morgan fingerprint density at radius 2 is 1.31 bits per heavy atom. The van der Waals surface area contributed by atoms with Crippen LogP contribution in [-0.2, 0) is 15.5 Å². The Labute approximate surface area is 177 Å². The predicted octanol–water partition coefficient (Wildman–Crippen LogP) is 7.15. The molecule has 1 atom stereocenters. The highest BCUT2D eigenvalue weighted by Gasteiger charge is 2.20. The highest BCUT2D eigenvalue weighted by molar-refractivity contribution is 7.46. The summed E-state index contributed by atoms with van der Waals surface area (Å²) >= 11 is 0. The van der Waals surface area contributed by atoms with Crippen molar-refractivity contribution in [1.29, 1.82) is 0 Å². The number of aryl methyl sites for hydroxylation is 1. The van der Waals surface area contributed by atoms with Crippen molar-refractivity contribution in [2.24, 2.45) is 0 Å². The van der Waals surface area contributed by atoms with E-state index in [9.17, 15) is 4.57 Å². The number of hydrogen-bond donors (Lipinski definition) is 2. The molecular weight excluding hydrogens is 387 g/mol. The molecule has 168 valence electrons. The van der Waals surface area contributed by atoms with Crippen molar-refractivity contribution < 1.29 is 23.6 Å². The molecule has 0 aromatic heterocycles. The summed E-state index contributed by atoms with van der Waals surface area (Å²) in [6.07, 6.45) is 17.1. The monoisotopic (exact) mass is 428 g/mol. The van der Waals surface area contributed by atoms with Crippen LogP contribution in [0.4, 0.5) is 0 Å². The van der Waals surface area contributed by atoms with Crippen molar-refractivity contribution >= 4 is 7.82 Å². The normalized spacial score (nSPS) is 12.8. The van der Waals surface area contributed by atoms with E-state index in [0.717, 1.165) is 18.4 Å². The molecule has 1 unspecified atom stereocenters. The van der Waals surface area contributed by atoms with E-state index < -0.39 is 14.1 Å². The predicted molar refractivity (Wildman–Crippen MR) is 119 cm³/mol. The summed E-state index contributed by atoms with van der Waals surface area (Å²) < 4.78 is 21.1. The Hall–Kier alpha value is -0.870. The van der Waals surface area contributed by atoms with Gasteiger partial charge in [0.25, 0.3) is 0 Å². The third-order valence-electron chi connectivity index (χ3n) is 5.10. The molecule has 1 aromatic carbocycles. The van der Waals surface area contributed by atoms with Crippen molar-refractivity contribution in [3.63, 3.8) is 0 Å². The van der Waals surface area contributed by atoms with Crippen LogP contribution in [-0.4, -0.2) is 16.1 Å². The van der Waals surface area contributed by atoms with Gasteiger partial charge in [-0.2, -0.15) is 0 Å². The van der Waals surface area contributed by atoms with Crippen molar-refractivity contribution in [2.45, 2.75) is 110 Å². The number of phosphoric acid groups is 1. The topological polar surface area (TPSA) is 76.0 Å². The van der Waals surface area contributed by atoms with E-state index in [1.807, 2.05) is 24.3 Å². The molecule has 0 aliphatic carbocycles. The van der Waals surface area contributed by atoms with Crippen LogP contribution in [0.5, 0.6) is 5.75 Å². The van der Waals surface area contributed by atoms with Crippen molar-refractivity contribution in [3.8, 4) is 5.75 Å². The second-order valence-electron chi connectivity index (χ2n) is 7.88. The summed E-state index contributed by atoms with van der Waals surface area (Å²) in [5, 5.41) is 0. The number of unbranched alkanes of at least 4 members (excludes halogenated alkanes) is 12. The summed E-state index contributed by atoms with van der Waals surface area (Å²) in [5.74, 6) is 0.632. The Bertz CT molecular complexity index is 572. The minimum atomic E-state index is -4.55. The minimum Gasteiger partial charge on any atom is -0.464 e. The minimum absolute atomic E-state index is 0.632. The molecule has 2 N–H and O–H groups in total. The number of ether oxygens (including phenoxy) is 1. The molecule has 5 nitrogen and oxygen atoms in total. The van der Waals surface area contributed by atoms with Gasteiger partial charge in [-0.3, -0.25) is 0 Å². The maximum atomic E-state index is 10.9. The van der Waals surface area contributed by atoms with Crippen LogP contribution in [0.2, 0.25) is 0 Å². The lowest BCUT2D eigenvalue weighted by molar-refractivity contribution is -0.00148. The largest absolute Gasteiger partial charge is 0.472 e. The first-order chi connectivity index (χ1) is 13.9. The van der Waals surface area contributed by atoms with E-state index in [2.05, 4.69) is 11.4 Å². The molecule has 0 spiro atoms. The van der Waals surface area contributed by atoms with Gasteiger partial charge in [-0.25, -0.2) is 9.09 Å². The lowest BCUT2D eigenvalue weighted by Crippen LogP contribution is -2.15. The fraction of sp³-hybridized carbons (Fsp3) is 0.739. The average molecular weight is 429 g/mol. The number of para-hydroxylation sites is 1. The zero-order valence-corrected chi connectivity index (χ0v) is 19.2. The Morgan fingerprint density at radius 3 is 1.83 bits per heavy atom. The van der Waals surface area contributed by atoms with Crippen molar-refractivity contribution in [3.05, 3.63) is 29.8 Å². The smallest absolute Gasteiger partial charge is 0.464 e. The Balaban J connectivity index is 2.11. The Morgan fingerprint density at radius 1 is 0.828 bits per heavy atom. The number of benzene rings is 1. The fourth-order valence-electron chi connectivity index (χ4n) is 3.55. The maximum absolute atomic E-state index is 10.9. The summed E-state index contributed by atoms with van der Waals surface area (Å²) in [6.45, 7) is 3.75. The molecule has 0 fully saturated rings. The zero-order valence-electron chi connectivity index (χ0n) is 18.4. The second-order valence-corrected chi connectivity index (χ2v) is 9.07. The number of hydrogen-bond acceptors (Lipinski definition) is 3. The SMILES string of the molecule is CCCCCCCCCCCCCCCc1ccccc1OC(C)OP(=O)(O)O. The summed E-state index contributed by atoms with van der Waals surface area (Å²) in [7, 11) is -4.55. The van der Waals surface area contributed by atoms with Gasteiger partial charge in [-0.05, 0) is 31.4 Å². The van der Waals surface area contributed by atoms with Crippen LogP contribution in [0.1, 0.15) is 103 Å². The second kappa shape index (κ2) is 15.9. The highest BCUT2D eigenvalue weighted by Crippen LogP contribution is 2.38. The van der Waals surface area contributed by atoms with E-state index in [1.165, 1.54) is 84.0 Å². The van der Waals surface area contributed by atoms with Gasteiger partial charge in [-0.15, -0.1) is 0 Å². The summed E-state index contributed by atoms with van der Waals surface area (Å²) in [5.41, 5.74) is 1.05. The zero-order chi connectivity index (χ0) is 21.4. The van der Waals surface area contributed by atoms with Crippen LogP contribution in [0.3, 0.4) is 0 Å². The average Bonchev–Trinajstić information content (AvgIpc) is 2.65. The molecule has 29 heavy (non-hydrogen) atoms. The summed E-state index contributed by atoms with van der Waals surface area (Å²) in [6, 6.07) is 7.63. The number of rotatable bonds is 18. The van der Waals surface area contributed by atoms with Gasteiger partial charge in [0.15, 0.2) is 0 Å². The maximum Gasteiger partial charge on any atom is 0.472 e. The van der Waals surface area contributed by atoms with Gasteiger partial charge in [0, 0.05) is 0 Å². The van der Waals surface area contributed by atoms with Crippen LogP contribution >= 0.6 is 7.82 Å². The van der Waals surface area contributed by atoms with E-state index in [4.69, 9.17) is 14.5 Å². The third-order valence-corrected chi connectivity index (χ3v) is 5.67. The molecule has 0 bridgehead atoms. The van der Waals surface area contributed by atoms with Crippen molar-refractivity contribution in [1.82, 2.24) is 0 Å². The van der Waals surface area contributed by atoms with Gasteiger partial charge in [0.05, 0.1) is 0 Å². The molecule has 0 saturated heterocycles. The fourth-order valence-corrected chi connectivity index (χ4v) is 3.98. The standard InChI is InChI=1S/C23H41O5P/c1-3-4-5-6-7-8-9-10-11-12-13-14-15-18-22-19-16-17-20-23(22)27-21(2)28-29(24,25)26/h16-17,19-21H,3-15,18H2,1-2H3,(H2,24,25,26). The van der Waals surface area contributed by atoms with Gasteiger partial charge >= 0.3 is 7.82 Å². The molecule has 0 saturated carbocycles. The quantitative estimate of drug-likeness (QED) is 0.147. The van der Waals surface area contributed by atoms with Crippen LogP contribution in [0.25, 0.3) is 0 Å². The van der Waals surface area contributed by atoms with E-state index >= 15 is 0 Å². The molecule has 1 aromatic rings. The Kier molecular flexibility index (Phi) is 14.3. The molecule has 0 aliphatic rings. The van der Waals surface area contributed by atoms with Crippen molar-refractivity contribution in [2.75, 3.05) is 0 Å². The van der Waals surface area contributed by atoms with Gasteiger partial charge in [-0.1, -0.05) is 102 Å². The first kappa shape index (κ1) is 26.2. The first-order valence-electron chi connectivity index (χ1n) is 11.4. The van der Waals surface area contributed by atoms with Crippen LogP contribution in [0.15, 0.2) is 24.3 Å². The molecule has 0 radical (unpaired) electrons. The molecule has 1 rings (SSSR count). The molecule has 6 heteroatoms. The van der Waals surface area contributed by atoms with Gasteiger partial charge in [0.1, 0.15) is 5.75 Å². The van der Waals surface area contributed by atoms with Gasteiger partial charge in [0.2, 0.25) is 6.29 Å². The van der Waals surface area contributed by atoms with E-state index in [-0.39, 0.29) is 0 Å². The summed E-state index contributed by atoms with van der Waals surface area (Å²) in [4.78, 5) is 17.8. The third kappa shape index (κ3) is 14.7. The lowest BCUT2D eigenvalue weighted by Gasteiger charge is -2.18. The van der Waals surface area contributed by atoms with Crippen LogP contribution in [0, 0.1) is 0 Å².